The first kappa shape index (κ1) is 21.9. The van der Waals surface area contributed by atoms with Crippen molar-refractivity contribution in [3.63, 3.8) is 0 Å². The summed E-state index contributed by atoms with van der Waals surface area (Å²) in [6.45, 7) is 9.35. The van der Waals surface area contributed by atoms with Crippen LogP contribution in [0.2, 0.25) is 0 Å². The summed E-state index contributed by atoms with van der Waals surface area (Å²) in [7, 11) is 0. The smallest absolute Gasteiger partial charge is 0.247 e. The molecule has 0 radical (unpaired) electrons. The van der Waals surface area contributed by atoms with Gasteiger partial charge in [0.2, 0.25) is 0 Å². The van der Waals surface area contributed by atoms with Gasteiger partial charge in [0.25, 0.3) is 0 Å². The third-order valence-electron chi connectivity index (χ3n) is 5.24. The predicted octanol–water partition coefficient (Wildman–Crippen LogP) is 1.33. The van der Waals surface area contributed by atoms with E-state index in [2.05, 4.69) is 0 Å². The highest BCUT2D eigenvalue weighted by Crippen LogP contribution is 2.17. The van der Waals surface area contributed by atoms with Gasteiger partial charge >= 0.3 is 17.1 Å². The second kappa shape index (κ2) is 8.51. The Morgan fingerprint density at radius 2 is 0.741 bits per heavy atom. The Morgan fingerprint density at radius 3 is 0.889 bits per heavy atom. The van der Waals surface area contributed by atoms with Gasteiger partial charge in [-0.05, 0) is 41.5 Å². The first-order valence-corrected chi connectivity index (χ1v) is 8.73. The van der Waals surface area contributed by atoms with Gasteiger partial charge in [-0.3, -0.25) is 0 Å². The minimum absolute atomic E-state index is 0.665. The Bertz CT molecular complexity index is 838. The molecule has 27 heavy (non-hydrogen) atoms. The van der Waals surface area contributed by atoms with Crippen LogP contribution in [-0.4, -0.2) is 13.7 Å². The molecule has 1 rings (SSSR count). The Labute approximate surface area is 157 Å². The zero-order valence-electron chi connectivity index (χ0n) is 16.4. The van der Waals surface area contributed by atoms with Gasteiger partial charge in [0.05, 0.1) is 54.1 Å². The van der Waals surface area contributed by atoms with Crippen molar-refractivity contribution in [2.75, 3.05) is 0 Å². The predicted molar refractivity (Wildman–Crippen MR) is 97.7 cm³/mol. The molecule has 0 amide bonds. The molecular weight excluding hydrogens is 348 g/mol. The third kappa shape index (κ3) is 3.85. The van der Waals surface area contributed by atoms with E-state index in [1.54, 1.807) is 41.5 Å². The van der Waals surface area contributed by atoms with Crippen LogP contribution < -0.4 is 17.1 Å². The number of rotatable bonds is 6. The van der Waals surface area contributed by atoms with Gasteiger partial charge in [0.1, 0.15) is 0 Å². The fraction of sp³-hybridized carbons (Fsp3) is 0.667. The van der Waals surface area contributed by atoms with Crippen LogP contribution in [0.1, 0.15) is 59.7 Å². The van der Waals surface area contributed by atoms with Crippen LogP contribution in [0.4, 0.5) is 0 Å². The molecule has 0 aliphatic carbocycles. The van der Waals surface area contributed by atoms with Gasteiger partial charge in [-0.1, -0.05) is 0 Å². The molecule has 1 aromatic rings. The van der Waals surface area contributed by atoms with Crippen molar-refractivity contribution >= 4 is 0 Å². The highest BCUT2D eigenvalue weighted by atomic mass is 16.2. The molecule has 0 aromatic carbocycles. The lowest BCUT2D eigenvalue weighted by Crippen LogP contribution is -2.58. The van der Waals surface area contributed by atoms with E-state index in [1.165, 1.54) is 0 Å². The molecule has 0 aliphatic rings. The van der Waals surface area contributed by atoms with Crippen molar-refractivity contribution in [2.24, 2.45) is 17.8 Å². The summed E-state index contributed by atoms with van der Waals surface area (Å²) < 4.78 is 2.61. The number of hydrogen-bond donors (Lipinski definition) is 0. The quantitative estimate of drug-likeness (QED) is 0.738. The Kier molecular flexibility index (Phi) is 6.91. The topological polar surface area (TPSA) is 137 Å². The summed E-state index contributed by atoms with van der Waals surface area (Å²) >= 11 is 0. The molecular formula is C18H24N6O3. The second-order valence-corrected chi connectivity index (χ2v) is 6.93. The molecule has 0 bridgehead atoms. The Hall–Kier alpha value is -3.12. The lowest BCUT2D eigenvalue weighted by Gasteiger charge is -2.25. The van der Waals surface area contributed by atoms with E-state index < -0.39 is 52.9 Å². The first-order valence-electron chi connectivity index (χ1n) is 8.73. The minimum Gasteiger partial charge on any atom is -0.247 e. The summed E-state index contributed by atoms with van der Waals surface area (Å²) in [5, 5.41) is 27.6. The first-order chi connectivity index (χ1) is 12.5. The van der Waals surface area contributed by atoms with Gasteiger partial charge in [-0.15, -0.1) is 0 Å². The van der Waals surface area contributed by atoms with Gasteiger partial charge in [0, 0.05) is 0 Å². The highest BCUT2D eigenvalue weighted by molar-refractivity contribution is 4.96. The van der Waals surface area contributed by atoms with E-state index in [0.29, 0.717) is 0 Å². The monoisotopic (exact) mass is 372 g/mol. The average Bonchev–Trinajstić information content (AvgIpc) is 2.65. The van der Waals surface area contributed by atoms with E-state index in [-0.39, 0.29) is 0 Å². The second-order valence-electron chi connectivity index (χ2n) is 6.93. The zero-order valence-corrected chi connectivity index (χ0v) is 16.4. The molecule has 0 saturated heterocycles. The molecule has 0 spiro atoms. The van der Waals surface area contributed by atoms with Crippen molar-refractivity contribution in [1.29, 1.82) is 15.8 Å². The maximum atomic E-state index is 13.0. The van der Waals surface area contributed by atoms with Crippen molar-refractivity contribution in [3.8, 4) is 18.2 Å². The molecule has 1 aromatic heterocycles. The van der Waals surface area contributed by atoms with E-state index in [4.69, 9.17) is 0 Å². The van der Waals surface area contributed by atoms with E-state index in [1.807, 2.05) is 18.2 Å². The molecule has 0 fully saturated rings. The zero-order chi connectivity index (χ0) is 21.0. The lowest BCUT2D eigenvalue weighted by atomic mass is 10.0. The number of hydrogen-bond acceptors (Lipinski definition) is 6. The third-order valence-corrected chi connectivity index (χ3v) is 5.24. The molecule has 6 unspecified atom stereocenters. The molecule has 0 aliphatic heterocycles. The van der Waals surface area contributed by atoms with Crippen LogP contribution in [-0.2, 0) is 0 Å². The Morgan fingerprint density at radius 1 is 0.556 bits per heavy atom. The largest absolute Gasteiger partial charge is 0.336 e. The van der Waals surface area contributed by atoms with Crippen LogP contribution >= 0.6 is 0 Å². The van der Waals surface area contributed by atoms with Crippen LogP contribution in [0, 0.1) is 51.7 Å². The minimum atomic E-state index is -0.859. The van der Waals surface area contributed by atoms with E-state index in [0.717, 1.165) is 13.7 Å². The number of aromatic nitrogens is 3. The number of nitrogens with zero attached hydrogens (tertiary/aromatic N) is 6. The van der Waals surface area contributed by atoms with Crippen molar-refractivity contribution < 1.29 is 0 Å². The summed E-state index contributed by atoms with van der Waals surface area (Å²) in [5.41, 5.74) is -2.58. The van der Waals surface area contributed by atoms with Crippen LogP contribution in [0.5, 0.6) is 0 Å². The maximum absolute atomic E-state index is 13.0. The van der Waals surface area contributed by atoms with Crippen molar-refractivity contribution in [2.45, 2.75) is 59.7 Å². The van der Waals surface area contributed by atoms with Gasteiger partial charge in [-0.25, -0.2) is 28.1 Å². The number of nitriles is 3. The standard InChI is InChI=1S/C18H24N6O3/c1-10(7-19)13(4)22-16(25)23(14(5)11(2)8-20)18(27)24(17(22)26)15(6)12(3)9-21/h10-15H,1-6H3. The normalized spacial score (nSPS) is 17.4. The summed E-state index contributed by atoms with van der Waals surface area (Å²) in [5.74, 6) is -1.99. The molecule has 0 N–H and O–H groups in total. The maximum Gasteiger partial charge on any atom is 0.336 e. The SMILES string of the molecule is CC(C#N)C(C)n1c(=O)n(C(C)C(C)C#N)c(=O)n(C(C)C(C)C#N)c1=O. The molecule has 1 heterocycles. The van der Waals surface area contributed by atoms with E-state index in [9.17, 15) is 30.2 Å². The van der Waals surface area contributed by atoms with Gasteiger partial charge in [-0.2, -0.15) is 15.8 Å². The van der Waals surface area contributed by atoms with Crippen LogP contribution in [0.25, 0.3) is 0 Å². The Balaban J connectivity index is 4.03. The average molecular weight is 372 g/mol. The molecule has 9 heteroatoms. The fourth-order valence-corrected chi connectivity index (χ4v) is 2.63. The summed E-state index contributed by atoms with van der Waals surface area (Å²) in [6.07, 6.45) is 0. The van der Waals surface area contributed by atoms with Gasteiger partial charge in [0.15, 0.2) is 0 Å². The van der Waals surface area contributed by atoms with Crippen molar-refractivity contribution in [3.05, 3.63) is 31.5 Å². The van der Waals surface area contributed by atoms with Crippen LogP contribution in [0.3, 0.4) is 0 Å². The van der Waals surface area contributed by atoms with Crippen LogP contribution in [0.15, 0.2) is 14.4 Å². The molecule has 6 atom stereocenters. The summed E-state index contributed by atoms with van der Waals surface area (Å²) in [6, 6.07) is 3.62. The molecule has 144 valence electrons. The highest BCUT2D eigenvalue weighted by Gasteiger charge is 2.29. The van der Waals surface area contributed by atoms with E-state index >= 15 is 0 Å². The van der Waals surface area contributed by atoms with Gasteiger partial charge < -0.3 is 0 Å². The molecule has 9 nitrogen and oxygen atoms in total. The van der Waals surface area contributed by atoms with Crippen molar-refractivity contribution in [1.82, 2.24) is 13.7 Å². The fourth-order valence-electron chi connectivity index (χ4n) is 2.63. The molecule has 0 saturated carbocycles. The summed E-state index contributed by atoms with van der Waals surface area (Å²) in [4.78, 5) is 38.9. The lowest BCUT2D eigenvalue weighted by molar-refractivity contribution is 0.299.